The van der Waals surface area contributed by atoms with Crippen molar-refractivity contribution in [1.82, 2.24) is 9.80 Å². The van der Waals surface area contributed by atoms with E-state index in [2.05, 4.69) is 0 Å². The van der Waals surface area contributed by atoms with E-state index in [1.807, 2.05) is 32.7 Å². The SMILES string of the molecule is CCN1C(=O)C(C)(CC)N(C)C1=S. The zero-order chi connectivity index (χ0) is 10.2. The molecule has 74 valence electrons. The van der Waals surface area contributed by atoms with Crippen molar-refractivity contribution < 1.29 is 4.79 Å². The second kappa shape index (κ2) is 3.25. The van der Waals surface area contributed by atoms with E-state index in [0.29, 0.717) is 11.7 Å². The van der Waals surface area contributed by atoms with Gasteiger partial charge in [-0.1, -0.05) is 6.92 Å². The summed E-state index contributed by atoms with van der Waals surface area (Å²) in [7, 11) is 1.89. The number of carbonyl (C=O) groups excluding carboxylic acids is 1. The Kier molecular flexibility index (Phi) is 2.61. The summed E-state index contributed by atoms with van der Waals surface area (Å²) < 4.78 is 0. The predicted molar refractivity (Wildman–Crippen MR) is 56.4 cm³/mol. The zero-order valence-corrected chi connectivity index (χ0v) is 9.44. The van der Waals surface area contributed by atoms with Crippen LogP contribution < -0.4 is 0 Å². The highest BCUT2D eigenvalue weighted by atomic mass is 32.1. The van der Waals surface area contributed by atoms with Crippen molar-refractivity contribution in [3.8, 4) is 0 Å². The van der Waals surface area contributed by atoms with Crippen LogP contribution in [0.1, 0.15) is 27.2 Å². The Morgan fingerprint density at radius 3 is 2.23 bits per heavy atom. The Hall–Kier alpha value is -0.640. The molecule has 1 atom stereocenters. The smallest absolute Gasteiger partial charge is 0.254 e. The molecule has 1 amide bonds. The normalized spacial score (nSPS) is 28.9. The summed E-state index contributed by atoms with van der Waals surface area (Å²) in [5.74, 6) is 0.130. The number of thiocarbonyl (C=S) groups is 1. The molecule has 13 heavy (non-hydrogen) atoms. The van der Waals surface area contributed by atoms with E-state index in [0.717, 1.165) is 6.42 Å². The molecule has 0 bridgehead atoms. The highest BCUT2D eigenvalue weighted by Gasteiger charge is 2.48. The molecule has 1 saturated heterocycles. The minimum Gasteiger partial charge on any atom is -0.337 e. The van der Waals surface area contributed by atoms with E-state index in [9.17, 15) is 4.79 Å². The van der Waals surface area contributed by atoms with Gasteiger partial charge in [-0.15, -0.1) is 0 Å². The molecule has 0 aliphatic carbocycles. The van der Waals surface area contributed by atoms with E-state index in [4.69, 9.17) is 12.2 Å². The number of amides is 1. The van der Waals surface area contributed by atoms with Crippen LogP contribution in [0.2, 0.25) is 0 Å². The van der Waals surface area contributed by atoms with E-state index in [1.165, 1.54) is 0 Å². The zero-order valence-electron chi connectivity index (χ0n) is 8.63. The van der Waals surface area contributed by atoms with Crippen LogP contribution in [-0.2, 0) is 4.79 Å². The first kappa shape index (κ1) is 10.4. The lowest BCUT2D eigenvalue weighted by atomic mass is 9.98. The monoisotopic (exact) mass is 200 g/mol. The van der Waals surface area contributed by atoms with E-state index >= 15 is 0 Å². The lowest BCUT2D eigenvalue weighted by molar-refractivity contribution is -0.132. The first-order chi connectivity index (χ1) is 5.99. The third-order valence-corrected chi connectivity index (χ3v) is 3.46. The molecule has 0 N–H and O–H groups in total. The lowest BCUT2D eigenvalue weighted by Gasteiger charge is -2.27. The van der Waals surface area contributed by atoms with E-state index in [-0.39, 0.29) is 5.91 Å². The number of nitrogens with zero attached hydrogens (tertiary/aromatic N) is 2. The molecule has 1 aliphatic rings. The molecular formula is C9H16N2OS. The first-order valence-electron chi connectivity index (χ1n) is 4.58. The molecule has 0 saturated carbocycles. The van der Waals surface area contributed by atoms with E-state index in [1.54, 1.807) is 4.90 Å². The third-order valence-electron chi connectivity index (χ3n) is 2.97. The van der Waals surface area contributed by atoms with Gasteiger partial charge in [-0.25, -0.2) is 0 Å². The molecule has 0 aromatic carbocycles. The Morgan fingerprint density at radius 1 is 1.46 bits per heavy atom. The largest absolute Gasteiger partial charge is 0.337 e. The molecule has 3 nitrogen and oxygen atoms in total. The Bertz CT molecular complexity index is 254. The quantitative estimate of drug-likeness (QED) is 0.626. The minimum absolute atomic E-state index is 0.130. The summed E-state index contributed by atoms with van der Waals surface area (Å²) in [6.07, 6.45) is 0.791. The molecule has 4 heteroatoms. The van der Waals surface area contributed by atoms with Crippen molar-refractivity contribution in [2.75, 3.05) is 13.6 Å². The summed E-state index contributed by atoms with van der Waals surface area (Å²) in [6.45, 7) is 6.56. The van der Waals surface area contributed by atoms with Gasteiger partial charge in [0.25, 0.3) is 5.91 Å². The van der Waals surface area contributed by atoms with Crippen molar-refractivity contribution in [3.63, 3.8) is 0 Å². The van der Waals surface area contributed by atoms with Gasteiger partial charge in [0, 0.05) is 13.6 Å². The maximum atomic E-state index is 11.9. The predicted octanol–water partition coefficient (Wildman–Crippen LogP) is 1.23. The molecule has 1 aliphatic heterocycles. The molecule has 0 aromatic heterocycles. The van der Waals surface area contributed by atoms with Gasteiger partial charge in [0.2, 0.25) is 0 Å². The summed E-state index contributed by atoms with van der Waals surface area (Å²) in [4.78, 5) is 15.5. The van der Waals surface area contributed by atoms with Crippen molar-refractivity contribution in [2.45, 2.75) is 32.7 Å². The van der Waals surface area contributed by atoms with Gasteiger partial charge in [-0.2, -0.15) is 0 Å². The third kappa shape index (κ3) is 1.24. The first-order valence-corrected chi connectivity index (χ1v) is 4.99. The molecule has 1 unspecified atom stereocenters. The van der Waals surface area contributed by atoms with Crippen LogP contribution in [0.5, 0.6) is 0 Å². The number of hydrogen-bond acceptors (Lipinski definition) is 2. The summed E-state index contributed by atoms with van der Waals surface area (Å²) >= 11 is 5.19. The van der Waals surface area contributed by atoms with Crippen molar-refractivity contribution >= 4 is 23.2 Å². The summed E-state index contributed by atoms with van der Waals surface area (Å²) in [5.41, 5.74) is -0.424. The molecule has 0 radical (unpaired) electrons. The van der Waals surface area contributed by atoms with E-state index < -0.39 is 5.54 Å². The van der Waals surface area contributed by atoms with Gasteiger partial charge in [-0.05, 0) is 32.5 Å². The number of likely N-dealkylation sites (N-methyl/N-ethyl adjacent to an activating group) is 2. The summed E-state index contributed by atoms with van der Waals surface area (Å²) in [6, 6.07) is 0. The fourth-order valence-electron chi connectivity index (χ4n) is 1.58. The molecule has 1 rings (SSSR count). The Labute approximate surface area is 84.7 Å². The summed E-state index contributed by atoms with van der Waals surface area (Å²) in [5, 5.41) is 0.650. The van der Waals surface area contributed by atoms with Gasteiger partial charge in [0.05, 0.1) is 0 Å². The average molecular weight is 200 g/mol. The van der Waals surface area contributed by atoms with Gasteiger partial charge in [-0.3, -0.25) is 9.69 Å². The molecular weight excluding hydrogens is 184 g/mol. The van der Waals surface area contributed by atoms with Crippen LogP contribution in [0.15, 0.2) is 0 Å². The van der Waals surface area contributed by atoms with Gasteiger partial charge < -0.3 is 4.90 Å². The van der Waals surface area contributed by atoms with Crippen LogP contribution >= 0.6 is 12.2 Å². The fraction of sp³-hybridized carbons (Fsp3) is 0.778. The Balaban J connectivity index is 3.05. The van der Waals surface area contributed by atoms with Crippen LogP contribution in [0.3, 0.4) is 0 Å². The topological polar surface area (TPSA) is 23.6 Å². The van der Waals surface area contributed by atoms with Crippen molar-refractivity contribution in [1.29, 1.82) is 0 Å². The standard InChI is InChI=1S/C9H16N2OS/c1-5-9(3)7(12)11(6-2)8(13)10(9)4/h5-6H2,1-4H3. The highest BCUT2D eigenvalue weighted by molar-refractivity contribution is 7.80. The second-order valence-corrected chi connectivity index (χ2v) is 3.88. The second-order valence-electron chi connectivity index (χ2n) is 3.52. The number of rotatable bonds is 2. The number of carbonyl (C=O) groups is 1. The maximum absolute atomic E-state index is 11.9. The lowest BCUT2D eigenvalue weighted by Crippen LogP contribution is -2.44. The molecule has 1 fully saturated rings. The number of hydrogen-bond donors (Lipinski definition) is 0. The van der Waals surface area contributed by atoms with Crippen molar-refractivity contribution in [2.24, 2.45) is 0 Å². The van der Waals surface area contributed by atoms with Gasteiger partial charge >= 0.3 is 0 Å². The average Bonchev–Trinajstić information content (AvgIpc) is 2.29. The highest BCUT2D eigenvalue weighted by Crippen LogP contribution is 2.28. The van der Waals surface area contributed by atoms with Crippen molar-refractivity contribution in [3.05, 3.63) is 0 Å². The molecule has 0 aromatic rings. The van der Waals surface area contributed by atoms with Gasteiger partial charge in [0.15, 0.2) is 5.11 Å². The van der Waals surface area contributed by atoms with Crippen LogP contribution in [-0.4, -0.2) is 40.0 Å². The van der Waals surface area contributed by atoms with Crippen LogP contribution in [0.4, 0.5) is 0 Å². The van der Waals surface area contributed by atoms with Gasteiger partial charge in [0.1, 0.15) is 5.54 Å². The Morgan fingerprint density at radius 2 is 2.00 bits per heavy atom. The fourth-order valence-corrected chi connectivity index (χ4v) is 1.99. The van der Waals surface area contributed by atoms with Crippen LogP contribution in [0, 0.1) is 0 Å². The molecule has 0 spiro atoms. The minimum atomic E-state index is -0.424. The maximum Gasteiger partial charge on any atom is 0.254 e. The van der Waals surface area contributed by atoms with Crippen LogP contribution in [0.25, 0.3) is 0 Å². The molecule has 1 heterocycles.